The van der Waals surface area contributed by atoms with Gasteiger partial charge in [0.1, 0.15) is 12.2 Å². The molecule has 20 unspecified atom stereocenters. The van der Waals surface area contributed by atoms with Crippen molar-refractivity contribution < 1.29 is 58.4 Å². The fraction of sp³-hybridized carbons (Fsp3) is 0.806. The molecule has 0 bridgehead atoms. The zero-order valence-electron chi connectivity index (χ0n) is 48.2. The Morgan fingerprint density at radius 1 is 0.560 bits per heavy atom. The highest BCUT2D eigenvalue weighted by molar-refractivity contribution is 6.18. The minimum atomic E-state index is -0.991. The average molecular weight is 1040 g/mol. The number of aliphatic hydroxyl groups excluding tert-OH is 2. The van der Waals surface area contributed by atoms with E-state index in [-0.39, 0.29) is 58.2 Å². The van der Waals surface area contributed by atoms with Gasteiger partial charge in [-0.2, -0.15) is 0 Å². The Kier molecular flexibility index (Phi) is 16.3. The smallest absolute Gasteiger partial charge is 0.478 e. The van der Waals surface area contributed by atoms with Crippen molar-refractivity contribution in [2.24, 2.45) is 79.8 Å². The van der Waals surface area contributed by atoms with Crippen molar-refractivity contribution in [2.45, 2.75) is 236 Å². The second-order valence-corrected chi connectivity index (χ2v) is 27.6. The van der Waals surface area contributed by atoms with Crippen LogP contribution < -0.4 is 0 Å². The zero-order valence-corrected chi connectivity index (χ0v) is 48.2. The van der Waals surface area contributed by atoms with E-state index in [0.29, 0.717) is 86.5 Å². The topological polar surface area (TPSA) is 186 Å². The molecule has 1 radical (unpaired) electrons. The summed E-state index contributed by atoms with van der Waals surface area (Å²) in [6.07, 6.45) is 11.3. The second-order valence-electron chi connectivity index (χ2n) is 27.6. The minimum absolute atomic E-state index is 0.0268. The molecule has 417 valence electrons. The van der Waals surface area contributed by atoms with Crippen molar-refractivity contribution in [3.8, 4) is 0 Å². The molecule has 0 heterocycles. The maximum atomic E-state index is 13.6. The number of carboxylic acid groups (broad SMARTS) is 2. The van der Waals surface area contributed by atoms with E-state index in [1.165, 1.54) is 13.8 Å². The molecule has 8 aliphatic carbocycles. The van der Waals surface area contributed by atoms with Crippen molar-refractivity contribution >= 4 is 31.6 Å². The third kappa shape index (κ3) is 9.59. The van der Waals surface area contributed by atoms with Gasteiger partial charge in [0.2, 0.25) is 0 Å². The van der Waals surface area contributed by atoms with Gasteiger partial charge in [0.15, 0.2) is 0 Å². The molecule has 13 heteroatoms. The van der Waals surface area contributed by atoms with Crippen LogP contribution in [0.1, 0.15) is 200 Å². The molecule has 12 nitrogen and oxygen atoms in total. The number of carbonyl (C=O) groups is 4. The van der Waals surface area contributed by atoms with E-state index in [9.17, 15) is 39.6 Å². The summed E-state index contributed by atoms with van der Waals surface area (Å²) in [4.78, 5) is 53.1. The lowest BCUT2D eigenvalue weighted by Gasteiger charge is -2.70. The Morgan fingerprint density at radius 3 is 1.24 bits per heavy atom. The maximum Gasteiger partial charge on any atom is 0.488 e. The molecule has 0 saturated heterocycles. The van der Waals surface area contributed by atoms with E-state index in [4.69, 9.17) is 18.8 Å². The molecule has 0 aromatic rings. The first-order valence-corrected chi connectivity index (χ1v) is 29.0. The van der Waals surface area contributed by atoms with Crippen molar-refractivity contribution in [3.63, 3.8) is 0 Å². The summed E-state index contributed by atoms with van der Waals surface area (Å²) in [6, 6.07) is 0. The highest BCUT2D eigenvalue weighted by Gasteiger charge is 2.73. The number of rotatable bonds is 14. The lowest BCUT2D eigenvalue weighted by molar-refractivity contribution is -0.239. The van der Waals surface area contributed by atoms with E-state index >= 15 is 0 Å². The summed E-state index contributed by atoms with van der Waals surface area (Å²) in [6.45, 7) is 29.4. The van der Waals surface area contributed by atoms with Gasteiger partial charge >= 0.3 is 31.6 Å². The van der Waals surface area contributed by atoms with Crippen LogP contribution in [-0.4, -0.2) is 88.6 Å². The molecule has 0 aromatic carbocycles. The number of hydrogen-bond acceptors (Lipinski definition) is 10. The summed E-state index contributed by atoms with van der Waals surface area (Å²) < 4.78 is 27.2. The van der Waals surface area contributed by atoms with Crippen molar-refractivity contribution in [2.75, 3.05) is 0 Å². The van der Waals surface area contributed by atoms with Crippen molar-refractivity contribution in [3.05, 3.63) is 45.6 Å². The van der Waals surface area contributed by atoms with Crippen LogP contribution in [0.25, 0.3) is 0 Å². The number of allylic oxidation sites excluding steroid dienone is 4. The molecule has 8 fully saturated rings. The maximum absolute atomic E-state index is 13.6. The van der Waals surface area contributed by atoms with Crippen LogP contribution in [0.2, 0.25) is 0 Å². The highest BCUT2D eigenvalue weighted by Crippen LogP contribution is 2.77. The SMILES string of the molecule is CC(=O)OC1CC2(C)C(CC(O[B]OC3CC4/C(=C(\CCC=C(C)C)C(=O)O)C(OC(C)=O)CC4(C)C4(C)CCC5C(C)C(O)CCC5(C)C34)C3C4(C)CCC(O)C(C)C4CCC32C)/C1=C(\CCC=C(C)C)C(=O)O. The normalized spacial score (nSPS) is 46.0. The van der Waals surface area contributed by atoms with Gasteiger partial charge in [0.05, 0.1) is 12.2 Å². The minimum Gasteiger partial charge on any atom is -0.478 e. The monoisotopic (exact) mass is 1040 g/mol. The van der Waals surface area contributed by atoms with Crippen LogP contribution >= 0.6 is 0 Å². The molecule has 4 N–H and O–H groups in total. The highest BCUT2D eigenvalue weighted by atomic mass is 16.6. The van der Waals surface area contributed by atoms with Gasteiger partial charge in [-0.15, -0.1) is 0 Å². The summed E-state index contributed by atoms with van der Waals surface area (Å²) in [5.41, 5.74) is 2.04. The van der Waals surface area contributed by atoms with E-state index in [1.807, 2.05) is 27.7 Å². The summed E-state index contributed by atoms with van der Waals surface area (Å²) in [5, 5.41) is 45.0. The van der Waals surface area contributed by atoms with Crippen LogP contribution in [0.15, 0.2) is 45.6 Å². The third-order valence-corrected chi connectivity index (χ3v) is 23.6. The van der Waals surface area contributed by atoms with Crippen molar-refractivity contribution in [1.82, 2.24) is 0 Å². The number of fused-ring (bicyclic) bond motifs is 10. The Labute approximate surface area is 450 Å². The molecule has 0 amide bonds. The predicted molar refractivity (Wildman–Crippen MR) is 289 cm³/mol. The van der Waals surface area contributed by atoms with Gasteiger partial charge in [-0.3, -0.25) is 9.59 Å². The Hall–Kier alpha value is -3.26. The number of aliphatic carboxylic acids is 2. The van der Waals surface area contributed by atoms with Gasteiger partial charge in [-0.1, -0.05) is 78.7 Å². The molecule has 0 aliphatic heterocycles. The molecule has 8 rings (SSSR count). The van der Waals surface area contributed by atoms with Crippen molar-refractivity contribution in [1.29, 1.82) is 0 Å². The lowest BCUT2D eigenvalue weighted by Crippen LogP contribution is -2.67. The van der Waals surface area contributed by atoms with Gasteiger partial charge in [0, 0.05) is 37.2 Å². The summed E-state index contributed by atoms with van der Waals surface area (Å²) in [5.74, 6) is -2.85. The Balaban J connectivity index is 1.24. The molecular weight excluding hydrogens is 947 g/mol. The molecular formula is C62H94BO12. The van der Waals surface area contributed by atoms with E-state index in [1.54, 1.807) is 7.69 Å². The number of carbonyl (C=O) groups excluding carboxylic acids is 2. The predicted octanol–water partition coefficient (Wildman–Crippen LogP) is 11.9. The number of aliphatic hydroxyl groups is 2. The van der Waals surface area contributed by atoms with Crippen LogP contribution in [0, 0.1) is 79.8 Å². The summed E-state index contributed by atoms with van der Waals surface area (Å²) >= 11 is 0. The molecule has 8 aliphatic rings. The number of hydrogen-bond donors (Lipinski definition) is 4. The fourth-order valence-corrected chi connectivity index (χ4v) is 19.9. The molecule has 75 heavy (non-hydrogen) atoms. The van der Waals surface area contributed by atoms with Gasteiger partial charge in [-0.25, -0.2) is 9.59 Å². The number of esters is 2. The van der Waals surface area contributed by atoms with Crippen LogP contribution in [0.3, 0.4) is 0 Å². The molecule has 20 atom stereocenters. The van der Waals surface area contributed by atoms with Crippen LogP contribution in [0.5, 0.6) is 0 Å². The number of carboxylic acids is 2. The van der Waals surface area contributed by atoms with Gasteiger partial charge in [0.25, 0.3) is 0 Å². The van der Waals surface area contributed by atoms with E-state index in [2.05, 4.69) is 67.5 Å². The van der Waals surface area contributed by atoms with Crippen LogP contribution in [-0.2, 0) is 38.0 Å². The van der Waals surface area contributed by atoms with Gasteiger partial charge in [-0.05, 0) is 221 Å². The van der Waals surface area contributed by atoms with E-state index < -0.39 is 82.2 Å². The zero-order chi connectivity index (χ0) is 55.1. The Bertz CT molecular complexity index is 2200. The first-order chi connectivity index (χ1) is 35.0. The van der Waals surface area contributed by atoms with Crippen LogP contribution in [0.4, 0.5) is 0 Å². The molecule has 0 spiro atoms. The van der Waals surface area contributed by atoms with E-state index in [0.717, 1.165) is 49.7 Å². The standard InChI is InChI=1S/C62H94BO12/c1-33(2)17-15-19-39(55(68)69)51-43-29-47(53-57(9)25-23-45(66)35(5)41(57)21-27-59(53,11)61(43,13)31-49(51)72-37(7)64)74-63-75-48-30-44-52(40(56(70)71)20-16-18-34(3)4)50(73-38(8)65)32-62(44,14)60(12)28-22-42-36(6)46(67)24-26-58(42,10)54(48)60/h17-18,35-36,41-50,53-54,66-67H,15-16,19-32H2,1-14H3,(H,68,69)(H,70,71)/b51-39-,52-40-. The lowest BCUT2D eigenvalue weighted by atomic mass is 9.36. The second kappa shape index (κ2) is 21.1. The molecule has 8 saturated carbocycles. The largest absolute Gasteiger partial charge is 0.488 e. The summed E-state index contributed by atoms with van der Waals surface area (Å²) in [7, 11) is 1.60. The number of ether oxygens (including phenoxy) is 2. The average Bonchev–Trinajstić information content (AvgIpc) is 3.75. The molecule has 0 aromatic heterocycles. The Morgan fingerprint density at radius 2 is 0.920 bits per heavy atom. The fourth-order valence-electron chi connectivity index (χ4n) is 19.9. The first kappa shape index (κ1) is 57.9. The van der Waals surface area contributed by atoms with Gasteiger partial charge < -0.3 is 39.2 Å². The first-order valence-electron chi connectivity index (χ1n) is 29.0. The third-order valence-electron chi connectivity index (χ3n) is 23.6. The quantitative estimate of drug-likeness (QED) is 0.0559.